The maximum absolute atomic E-state index is 12.7. The lowest BCUT2D eigenvalue weighted by atomic mass is 10.1. The van der Waals surface area contributed by atoms with E-state index >= 15 is 0 Å². The molecule has 1 aliphatic heterocycles. The van der Waals surface area contributed by atoms with Gasteiger partial charge >= 0.3 is 6.18 Å². The van der Waals surface area contributed by atoms with Crippen molar-refractivity contribution < 1.29 is 22.5 Å². The van der Waals surface area contributed by atoms with E-state index in [2.05, 4.69) is 10.1 Å². The zero-order valence-electron chi connectivity index (χ0n) is 15.2. The van der Waals surface area contributed by atoms with Crippen LogP contribution in [0.3, 0.4) is 0 Å². The van der Waals surface area contributed by atoms with E-state index in [9.17, 15) is 18.0 Å². The topological polar surface area (TPSA) is 62.5 Å². The fraction of sp³-hybridized carbons (Fsp3) is 0.500. The lowest BCUT2D eigenvalue weighted by Gasteiger charge is -2.23. The summed E-state index contributed by atoms with van der Waals surface area (Å²) in [4.78, 5) is 20.2. The highest BCUT2D eigenvalue weighted by Gasteiger charge is 2.31. The van der Waals surface area contributed by atoms with Crippen LogP contribution in [-0.2, 0) is 17.4 Å². The molecule has 9 heteroatoms. The highest BCUT2D eigenvalue weighted by Crippen LogP contribution is 2.29. The zero-order valence-corrected chi connectivity index (χ0v) is 15.2. The minimum absolute atomic E-state index is 0.00775. The predicted octanol–water partition coefficient (Wildman–Crippen LogP) is 2.99. The van der Waals surface area contributed by atoms with E-state index in [0.29, 0.717) is 43.5 Å². The predicted molar refractivity (Wildman–Crippen MR) is 92.3 cm³/mol. The molecule has 0 N–H and O–H groups in total. The van der Waals surface area contributed by atoms with Gasteiger partial charge in [-0.2, -0.15) is 13.2 Å². The molecule has 3 rings (SSSR count). The fourth-order valence-corrected chi connectivity index (χ4v) is 3.15. The Morgan fingerprint density at radius 3 is 2.56 bits per heavy atom. The molecular weight excluding hydrogens is 361 g/mol. The second-order valence-electron chi connectivity index (χ2n) is 6.60. The highest BCUT2D eigenvalue weighted by molar-refractivity contribution is 5.79. The number of carbonyl (C=O) groups excluding carboxylic acids is 1. The summed E-state index contributed by atoms with van der Waals surface area (Å²) in [7, 11) is 0. The van der Waals surface area contributed by atoms with Gasteiger partial charge < -0.3 is 14.3 Å². The molecule has 0 aliphatic carbocycles. The van der Waals surface area contributed by atoms with Crippen molar-refractivity contribution in [3.05, 3.63) is 40.9 Å². The van der Waals surface area contributed by atoms with E-state index in [1.165, 1.54) is 6.07 Å². The molecule has 0 bridgehead atoms. The third-order valence-electron chi connectivity index (χ3n) is 4.76. The quantitative estimate of drug-likeness (QED) is 0.817. The van der Waals surface area contributed by atoms with Crippen molar-refractivity contribution in [1.29, 1.82) is 0 Å². The number of pyridine rings is 1. The largest absolute Gasteiger partial charge is 0.417 e. The molecule has 6 nitrogen and oxygen atoms in total. The summed E-state index contributed by atoms with van der Waals surface area (Å²) in [6.45, 7) is 5.83. The molecule has 3 heterocycles. The summed E-state index contributed by atoms with van der Waals surface area (Å²) in [5, 5.41) is 3.87. The van der Waals surface area contributed by atoms with E-state index in [4.69, 9.17) is 4.52 Å². The number of aryl methyl sites for hydroxylation is 2. The van der Waals surface area contributed by atoms with Crippen molar-refractivity contribution in [1.82, 2.24) is 15.0 Å². The Bertz CT molecular complexity index is 782. The molecule has 1 fully saturated rings. The van der Waals surface area contributed by atoms with Gasteiger partial charge in [0.15, 0.2) is 0 Å². The van der Waals surface area contributed by atoms with Crippen LogP contribution in [-0.4, -0.2) is 47.1 Å². The maximum atomic E-state index is 12.7. The Labute approximate surface area is 154 Å². The SMILES string of the molecule is Cc1noc(C)c1CC(=O)N1CCCN(c2ccc(C(F)(F)F)cn2)CC1. The number of hydrogen-bond donors (Lipinski definition) is 0. The van der Waals surface area contributed by atoms with Crippen LogP contribution in [0.1, 0.15) is 29.0 Å². The number of hydrogen-bond acceptors (Lipinski definition) is 5. The van der Waals surface area contributed by atoms with Crippen molar-refractivity contribution in [2.24, 2.45) is 0 Å². The van der Waals surface area contributed by atoms with Crippen LogP contribution in [0.5, 0.6) is 0 Å². The average molecular weight is 382 g/mol. The molecule has 0 atom stereocenters. The molecule has 27 heavy (non-hydrogen) atoms. The van der Waals surface area contributed by atoms with Crippen molar-refractivity contribution in [2.75, 3.05) is 31.1 Å². The molecule has 1 amide bonds. The summed E-state index contributed by atoms with van der Waals surface area (Å²) >= 11 is 0. The van der Waals surface area contributed by atoms with Crippen molar-refractivity contribution in [3.8, 4) is 0 Å². The number of nitrogens with zero attached hydrogens (tertiary/aromatic N) is 4. The first-order valence-corrected chi connectivity index (χ1v) is 8.73. The van der Waals surface area contributed by atoms with Gasteiger partial charge in [0, 0.05) is 37.9 Å². The summed E-state index contributed by atoms with van der Waals surface area (Å²) in [5.74, 6) is 1.13. The lowest BCUT2D eigenvalue weighted by Crippen LogP contribution is -2.36. The van der Waals surface area contributed by atoms with Crippen LogP contribution >= 0.6 is 0 Å². The number of halogens is 3. The van der Waals surface area contributed by atoms with Crippen LogP contribution in [0.15, 0.2) is 22.9 Å². The van der Waals surface area contributed by atoms with Gasteiger partial charge in [-0.15, -0.1) is 0 Å². The molecule has 0 aromatic carbocycles. The summed E-state index contributed by atoms with van der Waals surface area (Å²) in [6.07, 6.45) is -2.60. The molecule has 0 radical (unpaired) electrons. The molecule has 1 aliphatic rings. The summed E-state index contributed by atoms with van der Waals surface area (Å²) in [6, 6.07) is 2.41. The number of aromatic nitrogens is 2. The summed E-state index contributed by atoms with van der Waals surface area (Å²) in [5.41, 5.74) is 0.758. The smallest absolute Gasteiger partial charge is 0.361 e. The first-order valence-electron chi connectivity index (χ1n) is 8.73. The van der Waals surface area contributed by atoms with Gasteiger partial charge in [-0.05, 0) is 32.4 Å². The molecule has 2 aromatic heterocycles. The van der Waals surface area contributed by atoms with Crippen LogP contribution in [0.25, 0.3) is 0 Å². The van der Waals surface area contributed by atoms with Crippen molar-refractivity contribution in [2.45, 2.75) is 32.9 Å². The van der Waals surface area contributed by atoms with Gasteiger partial charge in [-0.1, -0.05) is 5.16 Å². The van der Waals surface area contributed by atoms with Crippen molar-refractivity contribution >= 4 is 11.7 Å². The normalized spacial score (nSPS) is 15.7. The van der Waals surface area contributed by atoms with Gasteiger partial charge in [-0.3, -0.25) is 4.79 Å². The van der Waals surface area contributed by atoms with Crippen LogP contribution < -0.4 is 4.90 Å². The Morgan fingerprint density at radius 2 is 1.96 bits per heavy atom. The van der Waals surface area contributed by atoms with Crippen LogP contribution in [0.2, 0.25) is 0 Å². The first kappa shape index (κ1) is 19.2. The maximum Gasteiger partial charge on any atom is 0.417 e. The van der Waals surface area contributed by atoms with Gasteiger partial charge in [0.1, 0.15) is 11.6 Å². The number of rotatable bonds is 3. The standard InChI is InChI=1S/C18H21F3N4O2/c1-12-15(13(2)27-23-12)10-17(26)25-7-3-6-24(8-9-25)16-5-4-14(11-22-16)18(19,20)21/h4-5,11H,3,6-10H2,1-2H3. The molecule has 0 saturated carbocycles. The van der Waals surface area contributed by atoms with Crippen LogP contribution in [0, 0.1) is 13.8 Å². The fourth-order valence-electron chi connectivity index (χ4n) is 3.15. The van der Waals surface area contributed by atoms with E-state index in [1.807, 2.05) is 4.90 Å². The third-order valence-corrected chi connectivity index (χ3v) is 4.76. The van der Waals surface area contributed by atoms with E-state index in [1.54, 1.807) is 18.7 Å². The number of carbonyl (C=O) groups is 1. The van der Waals surface area contributed by atoms with Gasteiger partial charge in [0.05, 0.1) is 17.7 Å². The van der Waals surface area contributed by atoms with E-state index in [0.717, 1.165) is 24.2 Å². The van der Waals surface area contributed by atoms with Gasteiger partial charge in [0.25, 0.3) is 0 Å². The molecule has 1 saturated heterocycles. The van der Waals surface area contributed by atoms with Gasteiger partial charge in [0.2, 0.25) is 5.91 Å². The Balaban J connectivity index is 1.62. The number of anilines is 1. The van der Waals surface area contributed by atoms with E-state index in [-0.39, 0.29) is 12.3 Å². The minimum Gasteiger partial charge on any atom is -0.361 e. The monoisotopic (exact) mass is 382 g/mol. The Hall–Kier alpha value is -2.58. The minimum atomic E-state index is -4.40. The molecular formula is C18H21F3N4O2. The van der Waals surface area contributed by atoms with Crippen LogP contribution in [0.4, 0.5) is 19.0 Å². The third kappa shape index (κ3) is 4.40. The number of amides is 1. The second kappa shape index (κ2) is 7.58. The Kier molecular flexibility index (Phi) is 5.38. The van der Waals surface area contributed by atoms with E-state index < -0.39 is 11.7 Å². The van der Waals surface area contributed by atoms with Crippen molar-refractivity contribution in [3.63, 3.8) is 0 Å². The number of alkyl halides is 3. The molecule has 146 valence electrons. The van der Waals surface area contributed by atoms with Gasteiger partial charge in [-0.25, -0.2) is 4.98 Å². The molecule has 0 unspecified atom stereocenters. The average Bonchev–Trinajstić information content (AvgIpc) is 2.83. The Morgan fingerprint density at radius 1 is 1.19 bits per heavy atom. The first-order chi connectivity index (χ1) is 12.8. The second-order valence-corrected chi connectivity index (χ2v) is 6.60. The lowest BCUT2D eigenvalue weighted by molar-refractivity contribution is -0.137. The molecule has 2 aromatic rings. The highest BCUT2D eigenvalue weighted by atomic mass is 19.4. The zero-order chi connectivity index (χ0) is 19.6. The molecule has 0 spiro atoms. The summed E-state index contributed by atoms with van der Waals surface area (Å²) < 4.78 is 43.1.